The molecule has 1 saturated heterocycles. The molecule has 0 spiro atoms. The number of rotatable bonds is 5. The number of para-hydroxylation sites is 1. The van der Waals surface area contributed by atoms with Gasteiger partial charge >= 0.3 is 0 Å². The smallest absolute Gasteiger partial charge is 0.169 e. The molecule has 1 atom stereocenters. The fourth-order valence-corrected chi connectivity index (χ4v) is 3.90. The first kappa shape index (κ1) is 17.5. The maximum Gasteiger partial charge on any atom is 0.169 e. The van der Waals surface area contributed by atoms with Gasteiger partial charge in [0.05, 0.1) is 12.6 Å². The maximum absolute atomic E-state index is 12.7. The Morgan fingerprint density at radius 2 is 1.69 bits per heavy atom. The molecule has 0 radical (unpaired) electrons. The molecule has 0 aromatic heterocycles. The van der Waals surface area contributed by atoms with Crippen LogP contribution in [0.5, 0.6) is 0 Å². The second-order valence-corrected chi connectivity index (χ2v) is 7.64. The van der Waals surface area contributed by atoms with Crippen molar-refractivity contribution < 1.29 is 4.79 Å². The van der Waals surface area contributed by atoms with Gasteiger partial charge in [0.25, 0.3) is 0 Å². The van der Waals surface area contributed by atoms with Gasteiger partial charge in [-0.25, -0.2) is 0 Å². The minimum Gasteiger partial charge on any atom is -0.375 e. The molecule has 1 unspecified atom stereocenters. The monoisotopic (exact) mass is 369 g/mol. The Labute approximate surface area is 159 Å². The summed E-state index contributed by atoms with van der Waals surface area (Å²) >= 11 is 5.95. The number of halogens is 1. The van der Waals surface area contributed by atoms with Gasteiger partial charge in [-0.15, -0.1) is 0 Å². The lowest BCUT2D eigenvalue weighted by atomic mass is 10.1. The second kappa shape index (κ2) is 7.78. The van der Waals surface area contributed by atoms with Crippen LogP contribution in [0.25, 0.3) is 0 Å². The van der Waals surface area contributed by atoms with Crippen molar-refractivity contribution in [1.82, 2.24) is 9.80 Å². The number of fused-ring (bicyclic) bond motifs is 1. The Hall–Kier alpha value is -1.88. The van der Waals surface area contributed by atoms with Crippen LogP contribution in [-0.2, 0) is 17.8 Å². The highest BCUT2D eigenvalue weighted by molar-refractivity contribution is 6.30. The molecule has 1 fully saturated rings. The standard InChI is InChI=1S/C21H24ClN3O/c22-18-7-5-16(6-8-18)14-24-9-11-25(12-10-24)15-21(26)20-13-17-3-1-2-4-19(17)23-20/h1-8,20,23H,9-15H2. The van der Waals surface area contributed by atoms with Crippen molar-refractivity contribution in [2.75, 3.05) is 38.0 Å². The summed E-state index contributed by atoms with van der Waals surface area (Å²) in [6.07, 6.45) is 0.811. The number of nitrogens with zero attached hydrogens (tertiary/aromatic N) is 2. The highest BCUT2D eigenvalue weighted by Gasteiger charge is 2.28. The molecular formula is C21H24ClN3O. The molecule has 0 saturated carbocycles. The third kappa shape index (κ3) is 4.09. The Balaban J connectivity index is 1.24. The van der Waals surface area contributed by atoms with Crippen molar-refractivity contribution in [3.8, 4) is 0 Å². The van der Waals surface area contributed by atoms with Crippen LogP contribution in [-0.4, -0.2) is 54.3 Å². The van der Waals surface area contributed by atoms with Gasteiger partial charge in [0, 0.05) is 49.9 Å². The van der Waals surface area contributed by atoms with Crippen molar-refractivity contribution in [2.24, 2.45) is 0 Å². The zero-order valence-electron chi connectivity index (χ0n) is 14.8. The van der Waals surface area contributed by atoms with E-state index in [9.17, 15) is 4.79 Å². The first-order valence-electron chi connectivity index (χ1n) is 9.24. The van der Waals surface area contributed by atoms with Crippen molar-refractivity contribution in [3.63, 3.8) is 0 Å². The number of hydrogen-bond acceptors (Lipinski definition) is 4. The van der Waals surface area contributed by atoms with Crippen molar-refractivity contribution in [2.45, 2.75) is 19.0 Å². The van der Waals surface area contributed by atoms with Gasteiger partial charge in [-0.3, -0.25) is 14.6 Å². The third-order valence-electron chi connectivity index (χ3n) is 5.32. The summed E-state index contributed by atoms with van der Waals surface area (Å²) in [7, 11) is 0. The summed E-state index contributed by atoms with van der Waals surface area (Å²) in [5, 5.41) is 4.15. The fourth-order valence-electron chi connectivity index (χ4n) is 3.78. The van der Waals surface area contributed by atoms with Crippen molar-refractivity contribution in [1.29, 1.82) is 0 Å². The largest absolute Gasteiger partial charge is 0.375 e. The average Bonchev–Trinajstić information content (AvgIpc) is 3.10. The fraction of sp³-hybridized carbons (Fsp3) is 0.381. The number of carbonyl (C=O) groups excluding carboxylic acids is 1. The Bertz CT molecular complexity index is 744. The van der Waals surface area contributed by atoms with E-state index >= 15 is 0 Å². The van der Waals surface area contributed by atoms with Gasteiger partial charge in [-0.05, 0) is 29.3 Å². The number of carbonyl (C=O) groups is 1. The van der Waals surface area contributed by atoms with Crippen LogP contribution in [0.4, 0.5) is 5.69 Å². The molecule has 4 nitrogen and oxygen atoms in total. The molecule has 5 heteroatoms. The molecule has 4 rings (SSSR count). The molecule has 136 valence electrons. The maximum atomic E-state index is 12.7. The molecule has 2 heterocycles. The third-order valence-corrected chi connectivity index (χ3v) is 5.58. The topological polar surface area (TPSA) is 35.6 Å². The van der Waals surface area contributed by atoms with Crippen LogP contribution >= 0.6 is 11.6 Å². The van der Waals surface area contributed by atoms with Crippen molar-refractivity contribution in [3.05, 3.63) is 64.7 Å². The summed E-state index contributed by atoms with van der Waals surface area (Å²) in [5.41, 5.74) is 3.64. The molecule has 0 bridgehead atoms. The highest BCUT2D eigenvalue weighted by Crippen LogP contribution is 2.25. The van der Waals surface area contributed by atoms with E-state index < -0.39 is 0 Å². The molecular weight excluding hydrogens is 346 g/mol. The van der Waals surface area contributed by atoms with E-state index in [1.165, 1.54) is 11.1 Å². The van der Waals surface area contributed by atoms with Crippen LogP contribution in [0, 0.1) is 0 Å². The lowest BCUT2D eigenvalue weighted by Crippen LogP contribution is -2.49. The molecule has 2 aromatic rings. The lowest BCUT2D eigenvalue weighted by Gasteiger charge is -2.34. The van der Waals surface area contributed by atoms with Gasteiger partial charge in [0.1, 0.15) is 0 Å². The van der Waals surface area contributed by atoms with Gasteiger partial charge in [-0.2, -0.15) is 0 Å². The van der Waals surface area contributed by atoms with Gasteiger partial charge in [0.15, 0.2) is 5.78 Å². The normalized spacial score (nSPS) is 20.6. The van der Waals surface area contributed by atoms with E-state index in [1.54, 1.807) is 0 Å². The molecule has 0 amide bonds. The van der Waals surface area contributed by atoms with E-state index in [-0.39, 0.29) is 6.04 Å². The van der Waals surface area contributed by atoms with Crippen LogP contribution < -0.4 is 5.32 Å². The molecule has 2 aliphatic rings. The molecule has 26 heavy (non-hydrogen) atoms. The summed E-state index contributed by atoms with van der Waals surface area (Å²) in [5.74, 6) is 0.298. The number of nitrogens with one attached hydrogen (secondary N) is 1. The number of ketones is 1. The second-order valence-electron chi connectivity index (χ2n) is 7.20. The molecule has 2 aliphatic heterocycles. The van der Waals surface area contributed by atoms with E-state index in [4.69, 9.17) is 11.6 Å². The van der Waals surface area contributed by atoms with Gasteiger partial charge in [-0.1, -0.05) is 41.9 Å². The zero-order valence-corrected chi connectivity index (χ0v) is 15.6. The minimum atomic E-state index is -0.0699. The van der Waals surface area contributed by atoms with E-state index in [2.05, 4.69) is 39.4 Å². The van der Waals surface area contributed by atoms with Crippen molar-refractivity contribution >= 4 is 23.1 Å². The number of anilines is 1. The molecule has 1 N–H and O–H groups in total. The van der Waals surface area contributed by atoms with Crippen LogP contribution in [0.15, 0.2) is 48.5 Å². The Morgan fingerprint density at radius 1 is 1.00 bits per heavy atom. The molecule has 0 aliphatic carbocycles. The summed E-state index contributed by atoms with van der Waals surface area (Å²) in [4.78, 5) is 17.4. The van der Waals surface area contributed by atoms with Crippen LogP contribution in [0.3, 0.4) is 0 Å². The van der Waals surface area contributed by atoms with E-state index in [0.717, 1.165) is 49.9 Å². The summed E-state index contributed by atoms with van der Waals surface area (Å²) in [6.45, 7) is 5.36. The number of piperazine rings is 1. The quantitative estimate of drug-likeness (QED) is 0.878. The highest BCUT2D eigenvalue weighted by atomic mass is 35.5. The Kier molecular flexibility index (Phi) is 5.25. The summed E-state index contributed by atoms with van der Waals surface area (Å²) in [6, 6.07) is 16.2. The Morgan fingerprint density at radius 3 is 2.42 bits per heavy atom. The van der Waals surface area contributed by atoms with Gasteiger partial charge in [0.2, 0.25) is 0 Å². The lowest BCUT2D eigenvalue weighted by molar-refractivity contribution is -0.121. The predicted octanol–water partition coefficient (Wildman–Crippen LogP) is 3.06. The average molecular weight is 370 g/mol. The SMILES string of the molecule is O=C(CN1CCN(Cc2ccc(Cl)cc2)CC1)C1Cc2ccccc2N1. The number of hydrogen-bond donors (Lipinski definition) is 1. The molecule has 2 aromatic carbocycles. The first-order chi connectivity index (χ1) is 12.7. The predicted molar refractivity (Wildman–Crippen MR) is 106 cm³/mol. The van der Waals surface area contributed by atoms with Crippen LogP contribution in [0.1, 0.15) is 11.1 Å². The number of Topliss-reactive ketones (excluding diaryl/α,β-unsaturated/α-hetero) is 1. The first-order valence-corrected chi connectivity index (χ1v) is 9.61. The van der Waals surface area contributed by atoms with Crippen LogP contribution in [0.2, 0.25) is 5.02 Å². The number of benzene rings is 2. The minimum absolute atomic E-state index is 0.0699. The summed E-state index contributed by atoms with van der Waals surface area (Å²) < 4.78 is 0. The van der Waals surface area contributed by atoms with E-state index in [0.29, 0.717) is 12.3 Å². The zero-order chi connectivity index (χ0) is 17.9. The van der Waals surface area contributed by atoms with E-state index in [1.807, 2.05) is 24.3 Å². The van der Waals surface area contributed by atoms with Gasteiger partial charge < -0.3 is 5.32 Å².